The van der Waals surface area contributed by atoms with E-state index in [9.17, 15) is 50.0 Å². The van der Waals surface area contributed by atoms with Crippen LogP contribution in [0.2, 0.25) is 0 Å². The van der Waals surface area contributed by atoms with E-state index in [4.69, 9.17) is 9.05 Å². The lowest BCUT2D eigenvalue weighted by molar-refractivity contribution is -0.220. The molecule has 13 nitrogen and oxygen atoms in total. The molecule has 1 aliphatic rings. The van der Waals surface area contributed by atoms with Gasteiger partial charge in [0.25, 0.3) is 0 Å². The molecule has 0 aromatic heterocycles. The number of hydrogen-bond acceptors (Lipinski definition) is 11. The van der Waals surface area contributed by atoms with Gasteiger partial charge in [-0.15, -0.1) is 0 Å². The number of hydrogen-bond donors (Lipinski definition) is 9. The molecule has 0 heterocycles. The maximum Gasteiger partial charge on any atom is 0.472 e. The Bertz CT molecular complexity index is 1140. The fourth-order valence-corrected chi connectivity index (χ4v) is 7.94. The minimum absolute atomic E-state index is 0.255. The number of aliphatic hydroxyl groups is 7. The van der Waals surface area contributed by atoms with E-state index in [1.54, 1.807) is 6.08 Å². The van der Waals surface area contributed by atoms with Gasteiger partial charge in [-0.25, -0.2) is 4.57 Å². The van der Waals surface area contributed by atoms with Crippen LogP contribution in [0.25, 0.3) is 0 Å². The van der Waals surface area contributed by atoms with Crippen molar-refractivity contribution in [3.8, 4) is 0 Å². The van der Waals surface area contributed by atoms with Crippen LogP contribution in [-0.4, -0.2) is 108 Å². The van der Waals surface area contributed by atoms with Crippen LogP contribution in [-0.2, 0) is 18.4 Å². The Morgan fingerprint density at radius 3 is 1.52 bits per heavy atom. The van der Waals surface area contributed by atoms with Crippen molar-refractivity contribution in [3.63, 3.8) is 0 Å². The van der Waals surface area contributed by atoms with Crippen molar-refractivity contribution in [1.82, 2.24) is 5.32 Å². The van der Waals surface area contributed by atoms with Crippen LogP contribution in [0.3, 0.4) is 0 Å². The molecule has 1 rings (SSSR count). The number of amides is 1. The van der Waals surface area contributed by atoms with E-state index >= 15 is 0 Å². The third-order valence-electron chi connectivity index (χ3n) is 10.7. The predicted octanol–water partition coefficient (Wildman–Crippen LogP) is 6.97. The summed E-state index contributed by atoms with van der Waals surface area (Å²) in [4.78, 5) is 23.4. The molecule has 58 heavy (non-hydrogen) atoms. The van der Waals surface area contributed by atoms with Gasteiger partial charge in [0.15, 0.2) is 0 Å². The maximum atomic E-state index is 12.9. The Kier molecular flexibility index (Phi) is 32.1. The highest BCUT2D eigenvalue weighted by atomic mass is 31.2. The topological polar surface area (TPSA) is 226 Å². The van der Waals surface area contributed by atoms with Gasteiger partial charge in [-0.05, 0) is 44.9 Å². The van der Waals surface area contributed by atoms with E-state index in [2.05, 4.69) is 43.5 Å². The van der Waals surface area contributed by atoms with Gasteiger partial charge < -0.3 is 46.0 Å². The van der Waals surface area contributed by atoms with Crippen LogP contribution in [0.5, 0.6) is 0 Å². The first-order valence-electron chi connectivity index (χ1n) is 22.5. The van der Waals surface area contributed by atoms with E-state index in [1.807, 2.05) is 0 Å². The van der Waals surface area contributed by atoms with Crippen LogP contribution in [0.1, 0.15) is 174 Å². The minimum atomic E-state index is -5.15. The van der Waals surface area contributed by atoms with Gasteiger partial charge in [0.2, 0.25) is 5.91 Å². The summed E-state index contributed by atoms with van der Waals surface area (Å²) in [6.07, 6.45) is 23.9. The molecule has 0 bridgehead atoms. The zero-order chi connectivity index (χ0) is 43.0. The number of phosphoric ester groups is 1. The monoisotopic (exact) mass is 848 g/mol. The predicted molar refractivity (Wildman–Crippen MR) is 229 cm³/mol. The molecule has 14 heteroatoms. The van der Waals surface area contributed by atoms with Gasteiger partial charge >= 0.3 is 7.82 Å². The Morgan fingerprint density at radius 1 is 0.603 bits per heavy atom. The first-order valence-corrected chi connectivity index (χ1v) is 24.0. The van der Waals surface area contributed by atoms with Gasteiger partial charge in [0.05, 0.1) is 31.3 Å². The van der Waals surface area contributed by atoms with E-state index in [0.29, 0.717) is 19.3 Å². The highest BCUT2D eigenvalue weighted by Crippen LogP contribution is 2.47. The van der Waals surface area contributed by atoms with Gasteiger partial charge in [-0.2, -0.15) is 0 Å². The number of unbranched alkanes of at least 4 members (excludes halogenated alkanes) is 19. The zero-order valence-corrected chi connectivity index (χ0v) is 36.6. The fourth-order valence-electron chi connectivity index (χ4n) is 6.98. The number of rotatable bonds is 36. The van der Waals surface area contributed by atoms with Crippen LogP contribution in [0.15, 0.2) is 36.5 Å². The molecule has 0 aliphatic heterocycles. The maximum absolute atomic E-state index is 12.9. The Balaban J connectivity index is 2.62. The molecule has 9 N–H and O–H groups in total. The number of phosphoric acid groups is 1. The standard InChI is InChI=1S/C44H82NO12P/c1-3-5-7-9-11-13-15-16-17-18-19-20-21-22-24-26-28-30-32-37(47)36(34-56-58(54,55)57-44-42(52)40(50)39(49)41(51)43(44)53)45-38(48)33-35(46)31-29-27-25-23-14-12-10-8-6-4-2/h18-19,22,24,30,32,35-37,39-44,46-47,49-53H,3-17,20-21,23,25-29,31,33-34H2,1-2H3,(H,45,48)(H,54,55)/b19-18+,24-22+,32-30+. The molecular formula is C44H82NO12P. The second-order valence-electron chi connectivity index (χ2n) is 16.1. The third-order valence-corrected chi connectivity index (χ3v) is 11.7. The largest absolute Gasteiger partial charge is 0.472 e. The molecule has 0 radical (unpaired) electrons. The van der Waals surface area contributed by atoms with Gasteiger partial charge in [-0.3, -0.25) is 13.8 Å². The molecule has 0 aromatic carbocycles. The quantitative estimate of drug-likeness (QED) is 0.0177. The highest BCUT2D eigenvalue weighted by molar-refractivity contribution is 7.47. The first-order chi connectivity index (χ1) is 27.8. The van der Waals surface area contributed by atoms with Crippen molar-refractivity contribution in [2.24, 2.45) is 0 Å². The van der Waals surface area contributed by atoms with Crippen molar-refractivity contribution in [2.75, 3.05) is 6.61 Å². The highest BCUT2D eigenvalue weighted by Gasteiger charge is 2.51. The number of carbonyl (C=O) groups is 1. The number of allylic oxidation sites excluding steroid dienone is 5. The van der Waals surface area contributed by atoms with Gasteiger partial charge in [0, 0.05) is 0 Å². The molecule has 0 spiro atoms. The number of nitrogens with one attached hydrogen (secondary N) is 1. The molecule has 1 fully saturated rings. The molecule has 1 saturated carbocycles. The van der Waals surface area contributed by atoms with Crippen molar-refractivity contribution in [1.29, 1.82) is 0 Å². The normalized spacial score (nSPS) is 24.1. The molecule has 340 valence electrons. The average molecular weight is 848 g/mol. The summed E-state index contributed by atoms with van der Waals surface area (Å²) in [5.74, 6) is -0.609. The lowest BCUT2D eigenvalue weighted by Crippen LogP contribution is -2.64. The summed E-state index contributed by atoms with van der Waals surface area (Å²) in [5.41, 5.74) is 0. The molecule has 0 aromatic rings. The zero-order valence-electron chi connectivity index (χ0n) is 35.7. The lowest BCUT2D eigenvalue weighted by Gasteiger charge is -2.41. The second-order valence-corrected chi connectivity index (χ2v) is 17.5. The molecule has 0 saturated heterocycles. The number of carbonyl (C=O) groups excluding carboxylic acids is 1. The van der Waals surface area contributed by atoms with Crippen LogP contribution >= 0.6 is 7.82 Å². The molecule has 8 unspecified atom stereocenters. The SMILES string of the molecule is CCCCCCCCCC/C=C/CC/C=C/CC/C=C/C(O)C(COP(=O)(O)OC1C(O)C(O)C(O)C(O)C1O)NC(=O)CC(O)CCCCCCCCCCCC. The molecular weight excluding hydrogens is 765 g/mol. The molecule has 1 amide bonds. The summed E-state index contributed by atoms with van der Waals surface area (Å²) < 4.78 is 22.8. The fraction of sp³-hybridized carbons (Fsp3) is 0.841. The van der Waals surface area contributed by atoms with Crippen LogP contribution in [0, 0.1) is 0 Å². The van der Waals surface area contributed by atoms with Gasteiger partial charge in [-0.1, -0.05) is 159 Å². The van der Waals surface area contributed by atoms with E-state index in [1.165, 1.54) is 96.0 Å². The van der Waals surface area contributed by atoms with Crippen molar-refractivity contribution in [2.45, 2.75) is 229 Å². The van der Waals surface area contributed by atoms with Crippen molar-refractivity contribution < 1.29 is 59.0 Å². The molecule has 8 atom stereocenters. The smallest absolute Gasteiger partial charge is 0.393 e. The number of aliphatic hydroxyl groups excluding tert-OH is 7. The second kappa shape index (κ2) is 34.1. The minimum Gasteiger partial charge on any atom is -0.393 e. The lowest BCUT2D eigenvalue weighted by atomic mass is 9.85. The van der Waals surface area contributed by atoms with E-state index < -0.39 is 75.2 Å². The first kappa shape index (κ1) is 54.5. The Morgan fingerprint density at radius 2 is 1.02 bits per heavy atom. The summed E-state index contributed by atoms with van der Waals surface area (Å²) in [6, 6.07) is -1.26. The van der Waals surface area contributed by atoms with Crippen molar-refractivity contribution in [3.05, 3.63) is 36.5 Å². The van der Waals surface area contributed by atoms with E-state index in [0.717, 1.165) is 44.9 Å². The third kappa shape index (κ3) is 26.0. The van der Waals surface area contributed by atoms with Crippen LogP contribution < -0.4 is 5.32 Å². The van der Waals surface area contributed by atoms with Crippen LogP contribution in [0.4, 0.5) is 0 Å². The Labute approximate surface area is 349 Å². The summed E-state index contributed by atoms with van der Waals surface area (Å²) in [5, 5.41) is 74.3. The summed E-state index contributed by atoms with van der Waals surface area (Å²) in [6.45, 7) is 3.69. The average Bonchev–Trinajstić information content (AvgIpc) is 3.19. The summed E-state index contributed by atoms with van der Waals surface area (Å²) in [7, 11) is -5.15. The van der Waals surface area contributed by atoms with E-state index in [-0.39, 0.29) is 6.42 Å². The van der Waals surface area contributed by atoms with Gasteiger partial charge in [0.1, 0.15) is 36.6 Å². The Hall–Kier alpha value is -1.48. The molecule has 1 aliphatic carbocycles. The van der Waals surface area contributed by atoms with Crippen molar-refractivity contribution >= 4 is 13.7 Å². The summed E-state index contributed by atoms with van der Waals surface area (Å²) >= 11 is 0.